The molecule has 1 aliphatic heterocycles. The van der Waals surface area contributed by atoms with Crippen molar-refractivity contribution in [2.45, 2.75) is 6.42 Å². The number of Topliss-reactive ketones (excluding diaryl/α,β-unsaturated/α-hetero) is 1. The molecule has 0 spiro atoms. The van der Waals surface area contributed by atoms with Gasteiger partial charge in [0.05, 0.1) is 6.54 Å². The van der Waals surface area contributed by atoms with Crippen LogP contribution >= 0.6 is 11.8 Å². The van der Waals surface area contributed by atoms with Crippen LogP contribution in [0, 0.1) is 0 Å². The molecule has 0 unspecified atom stereocenters. The molecule has 0 saturated carbocycles. The fourth-order valence-corrected chi connectivity index (χ4v) is 0.813. The van der Waals surface area contributed by atoms with Crippen molar-refractivity contribution >= 4 is 17.6 Å². The third-order valence-corrected chi connectivity index (χ3v) is 1.27. The lowest BCUT2D eigenvalue weighted by Gasteiger charge is -1.95. The molecule has 0 bridgehead atoms. The molecule has 1 fully saturated rings. The van der Waals surface area contributed by atoms with Gasteiger partial charge in [0, 0.05) is 13.0 Å². The van der Waals surface area contributed by atoms with Crippen LogP contribution in [0.3, 0.4) is 0 Å². The van der Waals surface area contributed by atoms with Crippen LogP contribution in [0.2, 0.25) is 0 Å². The molecule has 1 rings (SSSR count). The van der Waals surface area contributed by atoms with E-state index >= 15 is 0 Å². The summed E-state index contributed by atoms with van der Waals surface area (Å²) in [4.78, 5) is 10.3. The Morgan fingerprint density at radius 1 is 1.71 bits per heavy atom. The highest BCUT2D eigenvalue weighted by Gasteiger charge is 2.15. The zero-order valence-electron chi connectivity index (χ0n) is 3.85. The maximum atomic E-state index is 10.3. The number of nitrogens with zero attached hydrogens (tertiary/aromatic N) is 1. The lowest BCUT2D eigenvalue weighted by atomic mass is 10.4. The summed E-state index contributed by atoms with van der Waals surface area (Å²) in [7, 11) is 0. The van der Waals surface area contributed by atoms with Crippen LogP contribution in [0.4, 0.5) is 0 Å². The van der Waals surface area contributed by atoms with Gasteiger partial charge in [-0.15, -0.1) is 0 Å². The molecule has 0 radical (unpaired) electrons. The molecule has 2 nitrogen and oxygen atoms in total. The fourth-order valence-electron chi connectivity index (χ4n) is 0.595. The molecule has 40 valence electrons. The van der Waals surface area contributed by atoms with E-state index in [9.17, 15) is 4.79 Å². The highest BCUT2D eigenvalue weighted by atomic mass is 35.5. The van der Waals surface area contributed by atoms with Crippen molar-refractivity contribution in [3.63, 3.8) is 0 Å². The second kappa shape index (κ2) is 1.80. The van der Waals surface area contributed by atoms with Crippen molar-refractivity contribution < 1.29 is 4.79 Å². The largest absolute Gasteiger partial charge is 0.298 e. The fraction of sp³-hybridized carbons (Fsp3) is 0.750. The van der Waals surface area contributed by atoms with Gasteiger partial charge in [-0.3, -0.25) is 4.79 Å². The van der Waals surface area contributed by atoms with Gasteiger partial charge < -0.3 is 0 Å². The average Bonchev–Trinajstić information content (AvgIpc) is 1.87. The monoisotopic (exact) mass is 119 g/mol. The topological polar surface area (TPSA) is 20.3 Å². The Balaban J connectivity index is 2.40. The lowest BCUT2D eigenvalue weighted by molar-refractivity contribution is -0.116. The van der Waals surface area contributed by atoms with E-state index in [1.165, 1.54) is 4.42 Å². The molecule has 0 aromatic rings. The van der Waals surface area contributed by atoms with Gasteiger partial charge in [-0.05, 0) is 11.8 Å². The minimum absolute atomic E-state index is 0.245. The summed E-state index contributed by atoms with van der Waals surface area (Å²) in [6.07, 6.45) is 0.628. The van der Waals surface area contributed by atoms with E-state index < -0.39 is 0 Å². The Labute approximate surface area is 47.2 Å². The van der Waals surface area contributed by atoms with Gasteiger partial charge in [-0.25, -0.2) is 4.42 Å². The normalized spacial score (nSPS) is 23.9. The van der Waals surface area contributed by atoms with E-state index in [4.69, 9.17) is 11.8 Å². The number of ketones is 1. The van der Waals surface area contributed by atoms with Crippen molar-refractivity contribution in [2.24, 2.45) is 0 Å². The van der Waals surface area contributed by atoms with E-state index in [1.807, 2.05) is 0 Å². The highest BCUT2D eigenvalue weighted by molar-refractivity contribution is 6.15. The van der Waals surface area contributed by atoms with E-state index in [0.29, 0.717) is 13.0 Å². The van der Waals surface area contributed by atoms with Crippen molar-refractivity contribution in [2.75, 3.05) is 13.1 Å². The summed E-state index contributed by atoms with van der Waals surface area (Å²) in [6.45, 7) is 1.15. The van der Waals surface area contributed by atoms with Gasteiger partial charge in [0.15, 0.2) is 0 Å². The molecule has 7 heavy (non-hydrogen) atoms. The molecule has 0 aromatic carbocycles. The first kappa shape index (κ1) is 5.06. The molecule has 0 N–H and O–H groups in total. The highest BCUT2D eigenvalue weighted by Crippen LogP contribution is 2.04. The molecule has 1 heterocycles. The Kier molecular flexibility index (Phi) is 1.30. The maximum absolute atomic E-state index is 10.3. The number of halogens is 1. The van der Waals surface area contributed by atoms with E-state index in [2.05, 4.69) is 0 Å². The summed E-state index contributed by atoms with van der Waals surface area (Å²) >= 11 is 5.42. The van der Waals surface area contributed by atoms with Crippen LogP contribution in [-0.2, 0) is 4.79 Å². The molecule has 0 aliphatic carbocycles. The summed E-state index contributed by atoms with van der Waals surface area (Å²) in [5.41, 5.74) is 0. The number of rotatable bonds is 0. The minimum Gasteiger partial charge on any atom is -0.298 e. The zero-order chi connectivity index (χ0) is 5.28. The van der Waals surface area contributed by atoms with E-state index in [1.54, 1.807) is 0 Å². The molecular weight excluding hydrogens is 114 g/mol. The minimum atomic E-state index is 0.245. The Bertz CT molecular complexity index is 93.7. The van der Waals surface area contributed by atoms with Gasteiger partial charge in [-0.1, -0.05) is 0 Å². The predicted octanol–water partition coefficient (Wildman–Crippen LogP) is 0.415. The van der Waals surface area contributed by atoms with Crippen LogP contribution in [0.25, 0.3) is 0 Å². The molecular formula is C4H6ClNO. The second-order valence-corrected chi connectivity index (χ2v) is 2.11. The summed E-state index contributed by atoms with van der Waals surface area (Å²) in [5.74, 6) is 0.245. The first-order valence-electron chi connectivity index (χ1n) is 2.21. The molecule has 1 saturated heterocycles. The zero-order valence-corrected chi connectivity index (χ0v) is 4.61. The lowest BCUT2D eigenvalue weighted by Crippen LogP contribution is -2.06. The summed E-state index contributed by atoms with van der Waals surface area (Å²) in [6, 6.07) is 0. The van der Waals surface area contributed by atoms with Gasteiger partial charge in [0.25, 0.3) is 0 Å². The quantitative estimate of drug-likeness (QED) is 0.431. The van der Waals surface area contributed by atoms with Crippen LogP contribution in [0.5, 0.6) is 0 Å². The van der Waals surface area contributed by atoms with Crippen molar-refractivity contribution in [3.8, 4) is 0 Å². The third kappa shape index (κ3) is 1.14. The second-order valence-electron chi connectivity index (χ2n) is 1.63. The first-order chi connectivity index (χ1) is 3.29. The first-order valence-corrected chi connectivity index (χ1v) is 2.55. The van der Waals surface area contributed by atoms with Gasteiger partial charge in [0.1, 0.15) is 5.78 Å². The Hall–Kier alpha value is -0.0800. The standard InChI is InChI=1S/C4H6ClNO/c5-6-2-1-4(7)3-6/h1-3H2. The molecule has 0 amide bonds. The van der Waals surface area contributed by atoms with Crippen LogP contribution < -0.4 is 0 Å². The molecule has 0 atom stereocenters. The maximum Gasteiger partial charge on any atom is 0.149 e. The third-order valence-electron chi connectivity index (χ3n) is 0.981. The van der Waals surface area contributed by atoms with Crippen LogP contribution in [0.1, 0.15) is 6.42 Å². The summed E-state index contributed by atoms with van der Waals surface area (Å²) in [5, 5.41) is 0. The smallest absolute Gasteiger partial charge is 0.149 e. The van der Waals surface area contributed by atoms with Gasteiger partial charge >= 0.3 is 0 Å². The Morgan fingerprint density at radius 3 is 2.57 bits per heavy atom. The number of carbonyl (C=O) groups is 1. The van der Waals surface area contributed by atoms with Crippen molar-refractivity contribution in [1.82, 2.24) is 4.42 Å². The molecule has 0 aromatic heterocycles. The molecule has 3 heteroatoms. The summed E-state index contributed by atoms with van der Waals surface area (Å²) < 4.78 is 1.50. The van der Waals surface area contributed by atoms with Crippen LogP contribution in [-0.4, -0.2) is 23.3 Å². The van der Waals surface area contributed by atoms with Crippen molar-refractivity contribution in [3.05, 3.63) is 0 Å². The Morgan fingerprint density at radius 2 is 2.43 bits per heavy atom. The van der Waals surface area contributed by atoms with E-state index in [0.717, 1.165) is 6.54 Å². The van der Waals surface area contributed by atoms with E-state index in [-0.39, 0.29) is 5.78 Å². The van der Waals surface area contributed by atoms with Crippen molar-refractivity contribution in [1.29, 1.82) is 0 Å². The molecule has 1 aliphatic rings. The van der Waals surface area contributed by atoms with Gasteiger partial charge in [0.2, 0.25) is 0 Å². The average molecular weight is 120 g/mol. The SMILES string of the molecule is O=C1CCN(Cl)C1. The van der Waals surface area contributed by atoms with Gasteiger partial charge in [-0.2, -0.15) is 0 Å². The number of hydrogen-bond donors (Lipinski definition) is 0. The predicted molar refractivity (Wildman–Crippen MR) is 27.0 cm³/mol. The number of hydrogen-bond acceptors (Lipinski definition) is 2. The number of carbonyl (C=O) groups excluding carboxylic acids is 1. The van der Waals surface area contributed by atoms with Crippen LogP contribution in [0.15, 0.2) is 0 Å².